The van der Waals surface area contributed by atoms with E-state index in [1.54, 1.807) is 0 Å². The van der Waals surface area contributed by atoms with E-state index in [4.69, 9.17) is 17.0 Å². The van der Waals surface area contributed by atoms with Gasteiger partial charge in [0, 0.05) is 10.4 Å². The molecule has 0 unspecified atom stereocenters. The highest BCUT2D eigenvalue weighted by Gasteiger charge is 2.11. The lowest BCUT2D eigenvalue weighted by Crippen LogP contribution is -2.52. The number of ether oxygens (including phenoxy) is 1. The summed E-state index contributed by atoms with van der Waals surface area (Å²) in [5.41, 5.74) is 5.11. The Bertz CT molecular complexity index is 499. The Balaban J connectivity index is 2.29. The van der Waals surface area contributed by atoms with Gasteiger partial charge in [0.15, 0.2) is 5.11 Å². The van der Waals surface area contributed by atoms with Crippen molar-refractivity contribution in [2.45, 2.75) is 38.1 Å². The molecule has 1 aromatic carbocycles. The molecule has 1 rings (SSSR count). The average molecular weight is 342 g/mol. The minimum absolute atomic E-state index is 0.142. The summed E-state index contributed by atoms with van der Waals surface area (Å²) in [6.07, 6.45) is 0. The van der Waals surface area contributed by atoms with Crippen molar-refractivity contribution in [3.05, 3.63) is 24.3 Å². The summed E-state index contributed by atoms with van der Waals surface area (Å²) in [5, 5.41) is 3.45. The van der Waals surface area contributed by atoms with Gasteiger partial charge < -0.3 is 10.1 Å². The summed E-state index contributed by atoms with van der Waals surface area (Å²) in [6.45, 7) is 8.56. The molecule has 0 aliphatic carbocycles. The van der Waals surface area contributed by atoms with Crippen molar-refractivity contribution in [2.75, 3.05) is 12.4 Å². The number of nitrogens with one attached hydrogen (secondary N) is 3. The fraction of sp³-hybridized carbons (Fsp3) is 0.467. The Labute approximate surface area is 141 Å². The van der Waals surface area contributed by atoms with E-state index in [0.29, 0.717) is 17.5 Å². The van der Waals surface area contributed by atoms with Gasteiger partial charge in [-0.1, -0.05) is 0 Å². The summed E-state index contributed by atoms with van der Waals surface area (Å²) in [6, 6.07) is 7.65. The molecule has 0 aliphatic heterocycles. The summed E-state index contributed by atoms with van der Waals surface area (Å²) in [4.78, 5) is 12.8. The van der Waals surface area contributed by atoms with Crippen LogP contribution in [0.25, 0.3) is 0 Å². The Morgan fingerprint density at radius 1 is 1.23 bits per heavy atom. The first kappa shape index (κ1) is 18.6. The van der Waals surface area contributed by atoms with Gasteiger partial charge in [-0.05, 0) is 64.2 Å². The molecule has 0 bridgehead atoms. The molecule has 0 fully saturated rings. The van der Waals surface area contributed by atoms with Gasteiger partial charge in [0.05, 0.1) is 12.4 Å². The lowest BCUT2D eigenvalue weighted by atomic mass is 10.1. The number of thioether (sulfide) groups is 1. The molecule has 0 atom stereocenters. The second-order valence-electron chi connectivity index (χ2n) is 5.57. The third-order valence-electron chi connectivity index (χ3n) is 2.31. The smallest absolute Gasteiger partial charge is 0.248 e. The molecule has 0 spiro atoms. The molecule has 1 aromatic rings. The highest BCUT2D eigenvalue weighted by atomic mass is 32.2. The third-order valence-corrected chi connectivity index (χ3v) is 3.52. The lowest BCUT2D eigenvalue weighted by molar-refractivity contribution is -0.119. The van der Waals surface area contributed by atoms with Crippen LogP contribution in [-0.4, -0.2) is 28.9 Å². The second-order valence-corrected chi connectivity index (χ2v) is 7.03. The van der Waals surface area contributed by atoms with Crippen LogP contribution in [0.4, 0.5) is 0 Å². The van der Waals surface area contributed by atoms with Crippen molar-refractivity contribution in [1.82, 2.24) is 16.2 Å². The van der Waals surface area contributed by atoms with E-state index < -0.39 is 0 Å². The first-order valence-electron chi connectivity index (χ1n) is 7.03. The van der Waals surface area contributed by atoms with Gasteiger partial charge in [0.2, 0.25) is 5.91 Å². The van der Waals surface area contributed by atoms with Gasteiger partial charge in [-0.15, -0.1) is 11.8 Å². The zero-order valence-corrected chi connectivity index (χ0v) is 15.0. The average Bonchev–Trinajstić information content (AvgIpc) is 2.43. The minimum Gasteiger partial charge on any atom is -0.494 e. The molecule has 5 nitrogen and oxygen atoms in total. The van der Waals surface area contributed by atoms with E-state index in [-0.39, 0.29) is 11.4 Å². The quantitative estimate of drug-likeness (QED) is 0.434. The number of hydrogen-bond acceptors (Lipinski definition) is 4. The van der Waals surface area contributed by atoms with Crippen LogP contribution < -0.4 is 20.9 Å². The van der Waals surface area contributed by atoms with Crippen LogP contribution in [0, 0.1) is 0 Å². The van der Waals surface area contributed by atoms with Crippen LogP contribution in [0.2, 0.25) is 0 Å². The normalized spacial score (nSPS) is 10.7. The highest BCUT2D eigenvalue weighted by Crippen LogP contribution is 2.21. The van der Waals surface area contributed by atoms with E-state index in [9.17, 15) is 4.79 Å². The number of hydrogen-bond donors (Lipinski definition) is 3. The highest BCUT2D eigenvalue weighted by molar-refractivity contribution is 8.00. The van der Waals surface area contributed by atoms with Gasteiger partial charge in [0.25, 0.3) is 0 Å². The van der Waals surface area contributed by atoms with Crippen LogP contribution >= 0.6 is 24.0 Å². The Kier molecular flexibility index (Phi) is 7.47. The van der Waals surface area contributed by atoms with Crippen LogP contribution in [-0.2, 0) is 4.79 Å². The predicted octanol–water partition coefficient (Wildman–Crippen LogP) is 2.47. The van der Waals surface area contributed by atoms with Crippen LogP contribution in [0.1, 0.15) is 27.7 Å². The molecule has 0 heterocycles. The second kappa shape index (κ2) is 8.85. The maximum atomic E-state index is 11.7. The van der Waals surface area contributed by atoms with Crippen molar-refractivity contribution >= 4 is 35.0 Å². The third kappa shape index (κ3) is 8.09. The monoisotopic (exact) mass is 341 g/mol. The van der Waals surface area contributed by atoms with Gasteiger partial charge in [0.1, 0.15) is 5.75 Å². The number of carbonyl (C=O) groups is 1. The van der Waals surface area contributed by atoms with E-state index in [1.165, 1.54) is 11.8 Å². The molecule has 0 saturated carbocycles. The first-order valence-corrected chi connectivity index (χ1v) is 8.42. The molecular weight excluding hydrogens is 318 g/mol. The van der Waals surface area contributed by atoms with Gasteiger partial charge in [-0.25, -0.2) is 0 Å². The van der Waals surface area contributed by atoms with Crippen LogP contribution in [0.3, 0.4) is 0 Å². The Hall–Kier alpha value is -1.47. The van der Waals surface area contributed by atoms with Crippen LogP contribution in [0.5, 0.6) is 5.75 Å². The van der Waals surface area contributed by atoms with Crippen molar-refractivity contribution in [3.8, 4) is 5.75 Å². The number of rotatable bonds is 5. The standard InChI is InChI=1S/C15H23N3O2S2/c1-5-20-11-6-8-12(9-7-11)22-10-13(19)17-18-14(21)16-15(2,3)4/h6-9H,5,10H2,1-4H3,(H,17,19)(H2,16,18,21). The van der Waals surface area contributed by atoms with Gasteiger partial charge in [-0.2, -0.15) is 0 Å². The summed E-state index contributed by atoms with van der Waals surface area (Å²) >= 11 is 6.53. The maximum Gasteiger partial charge on any atom is 0.248 e. The number of carbonyl (C=O) groups excluding carboxylic acids is 1. The maximum absolute atomic E-state index is 11.7. The molecule has 0 saturated heterocycles. The zero-order chi connectivity index (χ0) is 16.6. The number of hydrazine groups is 1. The fourth-order valence-electron chi connectivity index (χ4n) is 1.48. The molecular formula is C15H23N3O2S2. The predicted molar refractivity (Wildman–Crippen MR) is 95.1 cm³/mol. The summed E-state index contributed by atoms with van der Waals surface area (Å²) in [7, 11) is 0. The molecule has 0 radical (unpaired) electrons. The largest absolute Gasteiger partial charge is 0.494 e. The zero-order valence-electron chi connectivity index (χ0n) is 13.4. The molecule has 0 aliphatic rings. The molecule has 3 N–H and O–H groups in total. The lowest BCUT2D eigenvalue weighted by Gasteiger charge is -2.23. The minimum atomic E-state index is -0.147. The Morgan fingerprint density at radius 3 is 2.41 bits per heavy atom. The van der Waals surface area contributed by atoms with Crippen molar-refractivity contribution in [3.63, 3.8) is 0 Å². The number of thiocarbonyl (C=S) groups is 1. The van der Waals surface area contributed by atoms with Crippen molar-refractivity contribution in [1.29, 1.82) is 0 Å². The van der Waals surface area contributed by atoms with Gasteiger partial charge in [-0.3, -0.25) is 15.6 Å². The van der Waals surface area contributed by atoms with E-state index in [2.05, 4.69) is 16.2 Å². The first-order chi connectivity index (χ1) is 10.3. The van der Waals surface area contributed by atoms with Crippen LogP contribution in [0.15, 0.2) is 29.2 Å². The molecule has 22 heavy (non-hydrogen) atoms. The van der Waals surface area contributed by atoms with Gasteiger partial charge >= 0.3 is 0 Å². The molecule has 0 aromatic heterocycles. The Morgan fingerprint density at radius 2 is 1.86 bits per heavy atom. The van der Waals surface area contributed by atoms with E-state index in [0.717, 1.165) is 10.6 Å². The van der Waals surface area contributed by atoms with Crippen molar-refractivity contribution in [2.24, 2.45) is 0 Å². The fourth-order valence-corrected chi connectivity index (χ4v) is 2.54. The molecule has 122 valence electrons. The summed E-state index contributed by atoms with van der Waals surface area (Å²) < 4.78 is 5.37. The van der Waals surface area contributed by atoms with Crippen molar-refractivity contribution < 1.29 is 9.53 Å². The SMILES string of the molecule is CCOc1ccc(SCC(=O)NNC(=S)NC(C)(C)C)cc1. The molecule has 1 amide bonds. The summed E-state index contributed by atoms with van der Waals surface area (Å²) in [5.74, 6) is 0.993. The van der Waals surface area contributed by atoms with E-state index in [1.807, 2.05) is 52.0 Å². The molecule has 7 heteroatoms. The number of benzene rings is 1. The topological polar surface area (TPSA) is 62.4 Å². The van der Waals surface area contributed by atoms with E-state index >= 15 is 0 Å². The number of amides is 1.